The van der Waals surface area contributed by atoms with Crippen molar-refractivity contribution >= 4 is 0 Å². The van der Waals surface area contributed by atoms with Crippen LogP contribution in [0.25, 0.3) is 0 Å². The third-order valence-corrected chi connectivity index (χ3v) is 2.30. The van der Waals surface area contributed by atoms with E-state index in [0.717, 1.165) is 19.3 Å². The van der Waals surface area contributed by atoms with Gasteiger partial charge in [0.15, 0.2) is 0 Å². The van der Waals surface area contributed by atoms with Crippen molar-refractivity contribution in [2.24, 2.45) is 5.92 Å². The van der Waals surface area contributed by atoms with Gasteiger partial charge < -0.3 is 0 Å². The molecule has 2 atom stereocenters. The van der Waals surface area contributed by atoms with E-state index < -0.39 is 6.17 Å². The molecule has 0 heterocycles. The first-order valence-electron chi connectivity index (χ1n) is 4.97. The van der Waals surface area contributed by atoms with Gasteiger partial charge in [-0.05, 0) is 18.8 Å². The van der Waals surface area contributed by atoms with Gasteiger partial charge in [0.1, 0.15) is 6.17 Å². The summed E-state index contributed by atoms with van der Waals surface area (Å²) in [6, 6.07) is 0. The number of hydrogen-bond donors (Lipinski definition) is 0. The van der Waals surface area contributed by atoms with Crippen molar-refractivity contribution in [1.29, 1.82) is 0 Å². The molecule has 1 fully saturated rings. The van der Waals surface area contributed by atoms with Gasteiger partial charge in [-0.2, -0.15) is 0 Å². The predicted octanol–water partition coefficient (Wildman–Crippen LogP) is 3.95. The van der Waals surface area contributed by atoms with Crippen LogP contribution in [0.2, 0.25) is 0 Å². The molecule has 0 aromatic heterocycles. The molecule has 0 spiro atoms. The lowest BCUT2D eigenvalue weighted by molar-refractivity contribution is 0.195. The second-order valence-electron chi connectivity index (χ2n) is 3.04. The number of hydrogen-bond acceptors (Lipinski definition) is 0. The molecule has 11 heavy (non-hydrogen) atoms. The molecule has 0 N–H and O–H groups in total. The first-order chi connectivity index (χ1) is 5.33. The monoisotopic (exact) mass is 160 g/mol. The number of alkyl halides is 1. The zero-order valence-corrected chi connectivity index (χ0v) is 8.07. The summed E-state index contributed by atoms with van der Waals surface area (Å²) in [6.07, 6.45) is 4.70. The molecule has 0 aromatic rings. The predicted molar refractivity (Wildman–Crippen MR) is 48.5 cm³/mol. The van der Waals surface area contributed by atoms with Gasteiger partial charge in [-0.25, -0.2) is 4.39 Å². The maximum absolute atomic E-state index is 12.6. The summed E-state index contributed by atoms with van der Waals surface area (Å²) in [6.45, 7) is 6.16. The SMILES string of the molecule is CC.CCC1CCCC(F)C1. The van der Waals surface area contributed by atoms with Crippen molar-refractivity contribution < 1.29 is 4.39 Å². The topological polar surface area (TPSA) is 0 Å². The van der Waals surface area contributed by atoms with Crippen molar-refractivity contribution in [2.45, 2.75) is 59.0 Å². The van der Waals surface area contributed by atoms with E-state index in [1.165, 1.54) is 12.8 Å². The van der Waals surface area contributed by atoms with Gasteiger partial charge in [-0.3, -0.25) is 0 Å². The van der Waals surface area contributed by atoms with Crippen LogP contribution in [0.3, 0.4) is 0 Å². The van der Waals surface area contributed by atoms with Gasteiger partial charge in [0.25, 0.3) is 0 Å². The fraction of sp³-hybridized carbons (Fsp3) is 1.00. The highest BCUT2D eigenvalue weighted by Gasteiger charge is 2.19. The highest BCUT2D eigenvalue weighted by atomic mass is 19.1. The minimum atomic E-state index is -0.483. The van der Waals surface area contributed by atoms with E-state index in [2.05, 4.69) is 6.92 Å². The summed E-state index contributed by atoms with van der Waals surface area (Å²) < 4.78 is 12.6. The Hall–Kier alpha value is -0.0700. The van der Waals surface area contributed by atoms with Crippen molar-refractivity contribution in [3.8, 4) is 0 Å². The van der Waals surface area contributed by atoms with E-state index in [4.69, 9.17) is 0 Å². The van der Waals surface area contributed by atoms with E-state index in [0.29, 0.717) is 5.92 Å². The molecular formula is C10H21F. The van der Waals surface area contributed by atoms with Crippen LogP contribution < -0.4 is 0 Å². The maximum Gasteiger partial charge on any atom is 0.100 e. The molecule has 1 saturated carbocycles. The maximum atomic E-state index is 12.6. The largest absolute Gasteiger partial charge is 0.247 e. The van der Waals surface area contributed by atoms with Gasteiger partial charge in [0.2, 0.25) is 0 Å². The minimum absolute atomic E-state index is 0.483. The van der Waals surface area contributed by atoms with E-state index in [1.54, 1.807) is 0 Å². The summed E-state index contributed by atoms with van der Waals surface area (Å²) in [7, 11) is 0. The summed E-state index contributed by atoms with van der Waals surface area (Å²) in [5, 5.41) is 0. The Balaban J connectivity index is 0.000000461. The summed E-state index contributed by atoms with van der Waals surface area (Å²) >= 11 is 0. The molecule has 1 rings (SSSR count). The van der Waals surface area contributed by atoms with Crippen molar-refractivity contribution in [3.63, 3.8) is 0 Å². The van der Waals surface area contributed by atoms with Crippen LogP contribution in [-0.4, -0.2) is 6.17 Å². The van der Waals surface area contributed by atoms with Crippen molar-refractivity contribution in [2.75, 3.05) is 0 Å². The molecular weight excluding hydrogens is 139 g/mol. The van der Waals surface area contributed by atoms with Gasteiger partial charge in [0.05, 0.1) is 0 Å². The van der Waals surface area contributed by atoms with Crippen LogP contribution in [0.4, 0.5) is 4.39 Å². The molecule has 68 valence electrons. The van der Waals surface area contributed by atoms with Crippen LogP contribution in [0.15, 0.2) is 0 Å². The Morgan fingerprint density at radius 2 is 1.91 bits per heavy atom. The summed E-state index contributed by atoms with van der Waals surface area (Å²) in [4.78, 5) is 0. The lowest BCUT2D eigenvalue weighted by Crippen LogP contribution is -2.15. The standard InChI is InChI=1S/C8H15F.C2H6/c1-2-7-4-3-5-8(9)6-7;1-2/h7-8H,2-6H2,1H3;1-2H3. The fourth-order valence-electron chi connectivity index (χ4n) is 1.60. The zero-order chi connectivity index (χ0) is 8.69. The molecule has 0 aromatic carbocycles. The number of rotatable bonds is 1. The van der Waals surface area contributed by atoms with Crippen molar-refractivity contribution in [1.82, 2.24) is 0 Å². The van der Waals surface area contributed by atoms with Gasteiger partial charge in [-0.1, -0.05) is 40.0 Å². The second kappa shape index (κ2) is 6.63. The third kappa shape index (κ3) is 4.39. The lowest BCUT2D eigenvalue weighted by Gasteiger charge is -2.22. The molecule has 0 amide bonds. The lowest BCUT2D eigenvalue weighted by atomic mass is 9.86. The van der Waals surface area contributed by atoms with Crippen LogP contribution in [-0.2, 0) is 0 Å². The van der Waals surface area contributed by atoms with Crippen molar-refractivity contribution in [3.05, 3.63) is 0 Å². The minimum Gasteiger partial charge on any atom is -0.247 e. The van der Waals surface area contributed by atoms with Crippen LogP contribution >= 0.6 is 0 Å². The highest BCUT2D eigenvalue weighted by molar-refractivity contribution is 4.70. The van der Waals surface area contributed by atoms with Gasteiger partial charge in [0, 0.05) is 0 Å². The van der Waals surface area contributed by atoms with Crippen LogP contribution in [0.5, 0.6) is 0 Å². The van der Waals surface area contributed by atoms with E-state index in [9.17, 15) is 4.39 Å². The fourth-order valence-corrected chi connectivity index (χ4v) is 1.60. The first kappa shape index (κ1) is 10.9. The zero-order valence-electron chi connectivity index (χ0n) is 8.07. The summed E-state index contributed by atoms with van der Waals surface area (Å²) in [5.41, 5.74) is 0. The normalized spacial score (nSPS) is 30.5. The number of halogens is 1. The average molecular weight is 160 g/mol. The molecule has 1 aliphatic rings. The molecule has 1 heteroatoms. The molecule has 0 aliphatic heterocycles. The van der Waals surface area contributed by atoms with Gasteiger partial charge in [-0.15, -0.1) is 0 Å². The smallest absolute Gasteiger partial charge is 0.100 e. The summed E-state index contributed by atoms with van der Waals surface area (Å²) in [5.74, 6) is 0.689. The first-order valence-corrected chi connectivity index (χ1v) is 4.97. The third-order valence-electron chi connectivity index (χ3n) is 2.30. The Morgan fingerprint density at radius 3 is 2.27 bits per heavy atom. The Kier molecular flexibility index (Phi) is 6.59. The Bertz CT molecular complexity index is 80.9. The molecule has 1 aliphatic carbocycles. The van der Waals surface area contributed by atoms with Crippen LogP contribution in [0.1, 0.15) is 52.9 Å². The average Bonchev–Trinajstić information content (AvgIpc) is 2.08. The van der Waals surface area contributed by atoms with E-state index in [-0.39, 0.29) is 0 Å². The van der Waals surface area contributed by atoms with E-state index in [1.807, 2.05) is 13.8 Å². The highest BCUT2D eigenvalue weighted by Crippen LogP contribution is 2.27. The quantitative estimate of drug-likeness (QED) is 0.545. The Labute approximate surface area is 70.2 Å². The van der Waals surface area contributed by atoms with Gasteiger partial charge >= 0.3 is 0 Å². The Morgan fingerprint density at radius 1 is 1.27 bits per heavy atom. The molecule has 0 bridgehead atoms. The molecule has 0 radical (unpaired) electrons. The second-order valence-corrected chi connectivity index (χ2v) is 3.04. The van der Waals surface area contributed by atoms with Crippen LogP contribution in [0, 0.1) is 5.92 Å². The molecule has 0 saturated heterocycles. The molecule has 2 unspecified atom stereocenters. The van der Waals surface area contributed by atoms with E-state index >= 15 is 0 Å². The molecule has 0 nitrogen and oxygen atoms in total.